The molecular formula is C14H25NO3. The minimum absolute atomic E-state index is 0.00969. The lowest BCUT2D eigenvalue weighted by atomic mass is 9.82. The Kier molecular flexibility index (Phi) is 5.63. The molecular weight excluding hydrogens is 230 g/mol. The lowest BCUT2D eigenvalue weighted by Gasteiger charge is -2.37. The number of amides is 1. The molecule has 1 saturated carbocycles. The Morgan fingerprint density at radius 3 is 2.17 bits per heavy atom. The van der Waals surface area contributed by atoms with Crippen LogP contribution in [-0.2, 0) is 14.3 Å². The number of carbonyl (C=O) groups excluding carboxylic acids is 2. The minimum Gasteiger partial charge on any atom is -0.460 e. The largest absolute Gasteiger partial charge is 0.460 e. The van der Waals surface area contributed by atoms with Crippen molar-refractivity contribution in [2.45, 2.75) is 65.0 Å². The lowest BCUT2D eigenvalue weighted by Crippen LogP contribution is -2.47. The summed E-state index contributed by atoms with van der Waals surface area (Å²) in [5, 5.41) is 0. The fraction of sp³-hybridized carbons (Fsp3) is 0.857. The third-order valence-corrected chi connectivity index (χ3v) is 4.00. The van der Waals surface area contributed by atoms with Crippen molar-refractivity contribution in [2.24, 2.45) is 5.92 Å². The molecule has 0 aliphatic heterocycles. The van der Waals surface area contributed by atoms with Crippen LogP contribution >= 0.6 is 0 Å². The summed E-state index contributed by atoms with van der Waals surface area (Å²) in [4.78, 5) is 24.4. The van der Waals surface area contributed by atoms with Gasteiger partial charge in [-0.2, -0.15) is 0 Å². The predicted molar refractivity (Wildman–Crippen MR) is 70.0 cm³/mol. The highest BCUT2D eigenvalue weighted by molar-refractivity contribution is 5.73. The van der Waals surface area contributed by atoms with Crippen LogP contribution < -0.4 is 0 Å². The van der Waals surface area contributed by atoms with Crippen LogP contribution in [0.2, 0.25) is 0 Å². The van der Waals surface area contributed by atoms with E-state index in [4.69, 9.17) is 4.74 Å². The molecule has 0 saturated heterocycles. The number of esters is 1. The molecule has 1 amide bonds. The average molecular weight is 255 g/mol. The fourth-order valence-corrected chi connectivity index (χ4v) is 2.75. The molecule has 0 radical (unpaired) electrons. The number of hydrogen-bond acceptors (Lipinski definition) is 3. The molecule has 104 valence electrons. The molecule has 0 aromatic carbocycles. The van der Waals surface area contributed by atoms with E-state index in [1.807, 2.05) is 6.92 Å². The van der Waals surface area contributed by atoms with E-state index in [9.17, 15) is 9.59 Å². The van der Waals surface area contributed by atoms with Gasteiger partial charge in [0.15, 0.2) is 0 Å². The predicted octanol–water partition coefficient (Wildman–Crippen LogP) is 2.37. The van der Waals surface area contributed by atoms with Gasteiger partial charge in [0.05, 0.1) is 6.04 Å². The van der Waals surface area contributed by atoms with Gasteiger partial charge in [-0.25, -0.2) is 0 Å². The summed E-state index contributed by atoms with van der Waals surface area (Å²) in [5.41, 5.74) is 0. The van der Waals surface area contributed by atoms with Crippen LogP contribution in [0.1, 0.15) is 52.9 Å². The van der Waals surface area contributed by atoms with E-state index in [0.29, 0.717) is 5.92 Å². The van der Waals surface area contributed by atoms with Crippen molar-refractivity contribution in [3.05, 3.63) is 0 Å². The molecule has 4 heteroatoms. The zero-order valence-corrected chi connectivity index (χ0v) is 11.9. The van der Waals surface area contributed by atoms with E-state index in [1.165, 1.54) is 26.2 Å². The number of carbonyl (C=O) groups is 2. The smallest absolute Gasteiger partial charge is 0.302 e. The number of nitrogens with zero attached hydrogens (tertiary/aromatic N) is 1. The van der Waals surface area contributed by atoms with Gasteiger partial charge in [-0.3, -0.25) is 9.59 Å². The van der Waals surface area contributed by atoms with Gasteiger partial charge in [0.1, 0.15) is 6.10 Å². The zero-order valence-electron chi connectivity index (χ0n) is 11.9. The van der Waals surface area contributed by atoms with Gasteiger partial charge < -0.3 is 9.64 Å². The van der Waals surface area contributed by atoms with Crippen molar-refractivity contribution >= 4 is 11.9 Å². The average Bonchev–Trinajstić information content (AvgIpc) is 2.35. The molecule has 4 nitrogen and oxygen atoms in total. The molecule has 1 fully saturated rings. The first kappa shape index (κ1) is 15.0. The molecule has 0 spiro atoms. The van der Waals surface area contributed by atoms with Crippen LogP contribution in [0.3, 0.4) is 0 Å². The fourth-order valence-electron chi connectivity index (χ4n) is 2.75. The molecule has 2 unspecified atom stereocenters. The van der Waals surface area contributed by atoms with Gasteiger partial charge >= 0.3 is 5.97 Å². The third kappa shape index (κ3) is 4.00. The summed E-state index contributed by atoms with van der Waals surface area (Å²) in [5.74, 6) is 0.143. The van der Waals surface area contributed by atoms with Crippen molar-refractivity contribution in [1.29, 1.82) is 0 Å². The van der Waals surface area contributed by atoms with Crippen LogP contribution in [0.4, 0.5) is 0 Å². The van der Waals surface area contributed by atoms with Crippen molar-refractivity contribution in [1.82, 2.24) is 4.90 Å². The van der Waals surface area contributed by atoms with Crippen molar-refractivity contribution in [3.63, 3.8) is 0 Å². The Morgan fingerprint density at radius 2 is 1.72 bits per heavy atom. The van der Waals surface area contributed by atoms with Gasteiger partial charge in [0.2, 0.25) is 5.91 Å². The molecule has 0 N–H and O–H groups in total. The quantitative estimate of drug-likeness (QED) is 0.724. The second kappa shape index (κ2) is 6.76. The van der Waals surface area contributed by atoms with Crippen LogP contribution in [0.25, 0.3) is 0 Å². The first-order valence-corrected chi connectivity index (χ1v) is 6.84. The third-order valence-electron chi connectivity index (χ3n) is 4.00. The molecule has 2 atom stereocenters. The Morgan fingerprint density at radius 1 is 1.17 bits per heavy atom. The van der Waals surface area contributed by atoms with E-state index in [0.717, 1.165) is 12.8 Å². The molecule has 1 aliphatic carbocycles. The molecule has 18 heavy (non-hydrogen) atoms. The monoisotopic (exact) mass is 255 g/mol. The second-order valence-corrected chi connectivity index (χ2v) is 5.34. The maximum absolute atomic E-state index is 11.4. The number of likely N-dealkylation sites (N-methyl/N-ethyl adjacent to an activating group) is 1. The van der Waals surface area contributed by atoms with Crippen LogP contribution in [0, 0.1) is 5.92 Å². The number of rotatable bonds is 4. The molecule has 0 bridgehead atoms. The highest BCUT2D eigenvalue weighted by Gasteiger charge is 2.33. The Hall–Kier alpha value is -1.06. The molecule has 0 aromatic rings. The summed E-state index contributed by atoms with van der Waals surface area (Å²) in [7, 11) is 1.77. The summed E-state index contributed by atoms with van der Waals surface area (Å²) in [6.45, 7) is 4.95. The summed E-state index contributed by atoms with van der Waals surface area (Å²) in [6.07, 6.45) is 5.66. The number of hydrogen-bond donors (Lipinski definition) is 0. The van der Waals surface area contributed by atoms with E-state index < -0.39 is 0 Å². The lowest BCUT2D eigenvalue weighted by molar-refractivity contribution is -0.156. The van der Waals surface area contributed by atoms with Crippen molar-refractivity contribution < 1.29 is 14.3 Å². The second-order valence-electron chi connectivity index (χ2n) is 5.34. The van der Waals surface area contributed by atoms with E-state index in [-0.39, 0.29) is 24.0 Å². The van der Waals surface area contributed by atoms with E-state index >= 15 is 0 Å². The Labute approximate surface area is 110 Å². The van der Waals surface area contributed by atoms with Crippen LogP contribution in [0.15, 0.2) is 0 Å². The normalized spacial score (nSPS) is 20.0. The Balaban J connectivity index is 2.75. The van der Waals surface area contributed by atoms with Gasteiger partial charge in [-0.1, -0.05) is 19.3 Å². The zero-order chi connectivity index (χ0) is 13.7. The summed E-state index contributed by atoms with van der Waals surface area (Å²) in [6, 6.07) is -0.0606. The summed E-state index contributed by atoms with van der Waals surface area (Å²) < 4.78 is 5.49. The highest BCUT2D eigenvalue weighted by Crippen LogP contribution is 2.30. The molecule has 0 heterocycles. The minimum atomic E-state index is -0.255. The van der Waals surface area contributed by atoms with Gasteiger partial charge in [0, 0.05) is 20.9 Å². The molecule has 1 aliphatic rings. The highest BCUT2D eigenvalue weighted by atomic mass is 16.5. The van der Waals surface area contributed by atoms with Gasteiger partial charge in [0.25, 0.3) is 0 Å². The summed E-state index contributed by atoms with van der Waals surface area (Å²) >= 11 is 0. The molecule has 1 rings (SSSR count). The van der Waals surface area contributed by atoms with Gasteiger partial charge in [-0.15, -0.1) is 0 Å². The van der Waals surface area contributed by atoms with Crippen molar-refractivity contribution in [3.8, 4) is 0 Å². The van der Waals surface area contributed by atoms with Crippen LogP contribution in [-0.4, -0.2) is 36.0 Å². The van der Waals surface area contributed by atoms with Crippen LogP contribution in [0.5, 0.6) is 0 Å². The maximum atomic E-state index is 11.4. The first-order chi connectivity index (χ1) is 8.43. The van der Waals surface area contributed by atoms with E-state index in [2.05, 4.69) is 0 Å². The molecule has 0 aromatic heterocycles. The standard InChI is InChI=1S/C14H25NO3/c1-10(15(4)11(2)16)14(18-12(3)17)13-8-6-5-7-9-13/h10,13-14H,5-9H2,1-4H3. The maximum Gasteiger partial charge on any atom is 0.302 e. The van der Waals surface area contributed by atoms with E-state index in [1.54, 1.807) is 18.9 Å². The Bertz CT molecular complexity index is 297. The van der Waals surface area contributed by atoms with Gasteiger partial charge in [-0.05, 0) is 25.7 Å². The van der Waals surface area contributed by atoms with Crippen molar-refractivity contribution in [2.75, 3.05) is 7.05 Å². The topological polar surface area (TPSA) is 46.6 Å². The first-order valence-electron chi connectivity index (χ1n) is 6.84. The number of ether oxygens (including phenoxy) is 1. The SMILES string of the molecule is CC(=O)OC(C1CCCCC1)C(C)N(C)C(C)=O.